The summed E-state index contributed by atoms with van der Waals surface area (Å²) in [6.07, 6.45) is 3.71. The topological polar surface area (TPSA) is 81.8 Å². The second kappa shape index (κ2) is 9.12. The van der Waals surface area contributed by atoms with E-state index in [0.717, 1.165) is 47.9 Å². The zero-order chi connectivity index (χ0) is 23.8. The molecule has 0 unspecified atom stereocenters. The molecular weight excluding hydrogens is 432 g/mol. The van der Waals surface area contributed by atoms with Crippen LogP contribution in [0.2, 0.25) is 0 Å². The number of hydrogen-bond donors (Lipinski definition) is 0. The average Bonchev–Trinajstić information content (AvgIpc) is 2.81. The summed E-state index contributed by atoms with van der Waals surface area (Å²) < 4.78 is 13.4. The summed E-state index contributed by atoms with van der Waals surface area (Å²) >= 11 is 0. The van der Waals surface area contributed by atoms with Gasteiger partial charge in [0.25, 0.3) is 11.5 Å². The molecule has 0 radical (unpaired) electrons. The fraction of sp³-hybridized carbons (Fsp3) is 0.444. The highest BCUT2D eigenvalue weighted by molar-refractivity contribution is 5.88. The van der Waals surface area contributed by atoms with E-state index in [1.807, 2.05) is 34.6 Å². The molecule has 1 aromatic carbocycles. The average molecular weight is 463 g/mol. The Hall–Kier alpha value is -3.35. The molecule has 1 fully saturated rings. The van der Waals surface area contributed by atoms with Gasteiger partial charge in [-0.2, -0.15) is 0 Å². The molecule has 2 aromatic heterocycles. The minimum Gasteiger partial charge on any atom is -0.483 e. The lowest BCUT2D eigenvalue weighted by Gasteiger charge is -2.42. The molecule has 178 valence electrons. The van der Waals surface area contributed by atoms with Crippen LogP contribution in [0.5, 0.6) is 5.75 Å². The number of likely N-dealkylation sites (tertiary alicyclic amines) is 1. The third-order valence-electron chi connectivity index (χ3n) is 7.02. The number of rotatable bonds is 6. The third kappa shape index (κ3) is 4.27. The van der Waals surface area contributed by atoms with Crippen molar-refractivity contribution >= 4 is 16.9 Å². The summed E-state index contributed by atoms with van der Waals surface area (Å²) in [7, 11) is 0. The van der Waals surface area contributed by atoms with E-state index in [9.17, 15) is 14.4 Å². The van der Waals surface area contributed by atoms with Crippen molar-refractivity contribution in [2.24, 2.45) is 5.92 Å². The van der Waals surface area contributed by atoms with E-state index in [-0.39, 0.29) is 35.5 Å². The van der Waals surface area contributed by atoms with E-state index in [4.69, 9.17) is 9.15 Å². The fourth-order valence-electron chi connectivity index (χ4n) is 5.48. The minimum absolute atomic E-state index is 0.0344. The normalized spacial score (nSPS) is 19.2. The Balaban J connectivity index is 1.36. The number of fused-ring (bicyclic) bond motifs is 5. The van der Waals surface area contributed by atoms with Crippen LogP contribution in [0.1, 0.15) is 48.9 Å². The lowest BCUT2D eigenvalue weighted by atomic mass is 9.83. The molecular formula is C27H30N2O5. The minimum atomic E-state index is -0.370. The highest BCUT2D eigenvalue weighted by atomic mass is 16.5. The van der Waals surface area contributed by atoms with E-state index >= 15 is 0 Å². The first-order valence-electron chi connectivity index (χ1n) is 12.1. The number of aryl methyl sites for hydroxylation is 2. The number of ether oxygens (including phenoxy) is 1. The fourth-order valence-corrected chi connectivity index (χ4v) is 5.48. The number of unbranched alkanes of at least 4 members (excludes halogenated alkanes) is 1. The molecule has 0 saturated carbocycles. The Bertz CT molecular complexity index is 1360. The zero-order valence-electron chi connectivity index (χ0n) is 19.7. The Kier molecular flexibility index (Phi) is 6.02. The van der Waals surface area contributed by atoms with Crippen LogP contribution in [-0.4, -0.2) is 35.1 Å². The van der Waals surface area contributed by atoms with Gasteiger partial charge in [0.2, 0.25) is 0 Å². The van der Waals surface area contributed by atoms with Gasteiger partial charge in [0.05, 0.1) is 5.39 Å². The maximum absolute atomic E-state index is 13.2. The van der Waals surface area contributed by atoms with Gasteiger partial charge in [0, 0.05) is 43.4 Å². The maximum atomic E-state index is 13.2. The number of carbonyl (C=O) groups is 1. The van der Waals surface area contributed by atoms with E-state index in [2.05, 4.69) is 6.92 Å². The second-order valence-corrected chi connectivity index (χ2v) is 9.62. The zero-order valence-corrected chi connectivity index (χ0v) is 19.7. The number of carbonyl (C=O) groups excluding carboxylic acids is 1. The highest BCUT2D eigenvalue weighted by Gasteiger charge is 2.36. The summed E-state index contributed by atoms with van der Waals surface area (Å²) in [4.78, 5) is 39.4. The van der Waals surface area contributed by atoms with Crippen LogP contribution in [0.25, 0.3) is 11.0 Å². The van der Waals surface area contributed by atoms with Gasteiger partial charge < -0.3 is 18.6 Å². The van der Waals surface area contributed by atoms with Gasteiger partial charge >= 0.3 is 5.63 Å². The van der Waals surface area contributed by atoms with Crippen LogP contribution in [-0.2, 0) is 17.8 Å². The van der Waals surface area contributed by atoms with Crippen molar-refractivity contribution in [3.05, 3.63) is 74.0 Å². The molecule has 2 bridgehead atoms. The molecule has 3 aromatic rings. The summed E-state index contributed by atoms with van der Waals surface area (Å²) in [5, 5.41) is 0.773. The van der Waals surface area contributed by atoms with Crippen LogP contribution in [0.4, 0.5) is 0 Å². The Morgan fingerprint density at radius 3 is 2.82 bits per heavy atom. The molecule has 0 N–H and O–H groups in total. The smallest absolute Gasteiger partial charge is 0.336 e. The van der Waals surface area contributed by atoms with Crippen molar-refractivity contribution in [2.75, 3.05) is 19.7 Å². The highest BCUT2D eigenvalue weighted by Crippen LogP contribution is 2.35. The van der Waals surface area contributed by atoms with Gasteiger partial charge in [-0.05, 0) is 61.4 Å². The van der Waals surface area contributed by atoms with Crippen molar-refractivity contribution in [1.82, 2.24) is 9.47 Å². The molecule has 1 saturated heterocycles. The number of aromatic nitrogens is 1. The quantitative estimate of drug-likeness (QED) is 0.523. The Morgan fingerprint density at radius 1 is 1.15 bits per heavy atom. The van der Waals surface area contributed by atoms with Gasteiger partial charge in [0.15, 0.2) is 6.61 Å². The lowest BCUT2D eigenvalue weighted by Crippen LogP contribution is -2.50. The number of amides is 1. The summed E-state index contributed by atoms with van der Waals surface area (Å²) in [6, 6.07) is 10.7. The number of benzene rings is 1. The van der Waals surface area contributed by atoms with E-state index in [0.29, 0.717) is 31.0 Å². The molecule has 7 nitrogen and oxygen atoms in total. The number of hydrogen-bond acceptors (Lipinski definition) is 5. The van der Waals surface area contributed by atoms with Crippen LogP contribution in [0, 0.1) is 12.8 Å². The van der Waals surface area contributed by atoms with Gasteiger partial charge in [-0.1, -0.05) is 19.4 Å². The number of nitrogens with zero attached hydrogens (tertiary/aromatic N) is 2. The maximum Gasteiger partial charge on any atom is 0.336 e. The SMILES string of the molecule is CCCCc1cc(=O)oc2cc(C)cc(OCC(=O)N3C[C@H]4C[C@H](C3)c3cccc(=O)n3C4)c12. The first-order valence-corrected chi connectivity index (χ1v) is 12.1. The van der Waals surface area contributed by atoms with Crippen LogP contribution < -0.4 is 15.9 Å². The van der Waals surface area contributed by atoms with Crippen molar-refractivity contribution in [2.45, 2.75) is 52.0 Å². The Labute approximate surface area is 197 Å². The van der Waals surface area contributed by atoms with Crippen molar-refractivity contribution < 1.29 is 13.9 Å². The standard InChI is InChI=1S/C27H30N2O5/c1-3-4-6-19-12-26(32)34-23-10-17(2)9-22(27(19)23)33-16-25(31)28-13-18-11-20(15-28)21-7-5-8-24(30)29(21)14-18/h5,7-10,12,18,20H,3-4,6,11,13-16H2,1-2H3/t18-,20-/m1/s1. The third-order valence-corrected chi connectivity index (χ3v) is 7.02. The summed E-state index contributed by atoms with van der Waals surface area (Å²) in [6.45, 7) is 5.82. The molecule has 1 amide bonds. The van der Waals surface area contributed by atoms with Gasteiger partial charge in [-0.15, -0.1) is 0 Å². The molecule has 5 rings (SSSR count). The lowest BCUT2D eigenvalue weighted by molar-refractivity contribution is -0.136. The van der Waals surface area contributed by atoms with Crippen LogP contribution in [0.3, 0.4) is 0 Å². The largest absolute Gasteiger partial charge is 0.483 e. The first kappa shape index (κ1) is 22.4. The molecule has 2 aliphatic rings. The van der Waals surface area contributed by atoms with Crippen molar-refractivity contribution in [1.29, 1.82) is 0 Å². The summed E-state index contributed by atoms with van der Waals surface area (Å²) in [5.41, 5.74) is 2.97. The van der Waals surface area contributed by atoms with Gasteiger partial charge in [-0.25, -0.2) is 4.79 Å². The van der Waals surface area contributed by atoms with Gasteiger partial charge in [0.1, 0.15) is 11.3 Å². The van der Waals surface area contributed by atoms with Crippen LogP contribution in [0.15, 0.2) is 50.4 Å². The van der Waals surface area contributed by atoms with Crippen LogP contribution >= 0.6 is 0 Å². The van der Waals surface area contributed by atoms with E-state index < -0.39 is 0 Å². The number of piperidine rings is 1. The molecule has 2 atom stereocenters. The van der Waals surface area contributed by atoms with E-state index in [1.165, 1.54) is 6.07 Å². The molecule has 4 heterocycles. The van der Waals surface area contributed by atoms with E-state index in [1.54, 1.807) is 12.1 Å². The van der Waals surface area contributed by atoms with Crippen molar-refractivity contribution in [3.8, 4) is 5.75 Å². The second-order valence-electron chi connectivity index (χ2n) is 9.62. The first-order chi connectivity index (χ1) is 16.4. The summed E-state index contributed by atoms with van der Waals surface area (Å²) in [5.74, 6) is 0.945. The molecule has 34 heavy (non-hydrogen) atoms. The molecule has 0 aliphatic carbocycles. The van der Waals surface area contributed by atoms with Gasteiger partial charge in [-0.3, -0.25) is 9.59 Å². The molecule has 7 heteroatoms. The predicted molar refractivity (Wildman–Crippen MR) is 129 cm³/mol. The monoisotopic (exact) mass is 462 g/mol. The predicted octanol–water partition coefficient (Wildman–Crippen LogP) is 3.63. The number of pyridine rings is 1. The molecule has 2 aliphatic heterocycles. The van der Waals surface area contributed by atoms with Crippen molar-refractivity contribution in [3.63, 3.8) is 0 Å². The molecule has 0 spiro atoms. The Morgan fingerprint density at radius 2 is 2.00 bits per heavy atom.